The topological polar surface area (TPSA) is 101 Å². The van der Waals surface area contributed by atoms with E-state index < -0.39 is 29.2 Å². The minimum atomic E-state index is -4.94. The summed E-state index contributed by atoms with van der Waals surface area (Å²) in [5.74, 6) is -2.94. The zero-order valence-electron chi connectivity index (χ0n) is 14.7. The fourth-order valence-electron chi connectivity index (χ4n) is 3.08. The molecule has 0 fully saturated rings. The molecule has 0 radical (unpaired) electrons. The maximum Gasteiger partial charge on any atom is 0.417 e. The van der Waals surface area contributed by atoms with E-state index in [1.54, 1.807) is 18.2 Å². The number of alkyl halides is 3. The summed E-state index contributed by atoms with van der Waals surface area (Å²) in [6, 6.07) is 13.5. The number of hydrogen-bond acceptors (Lipinski definition) is 3. The second kappa shape index (κ2) is 7.31. The second-order valence-corrected chi connectivity index (χ2v) is 6.19. The molecule has 5 nitrogen and oxygen atoms in total. The molecule has 0 unspecified atom stereocenters. The normalized spacial score (nSPS) is 11.3. The lowest BCUT2D eigenvalue weighted by atomic mass is 9.88. The lowest BCUT2D eigenvalue weighted by Gasteiger charge is -2.20. The number of carboxylic acid groups (broad SMARTS) is 2. The Morgan fingerprint density at radius 1 is 0.828 bits per heavy atom. The molecule has 0 heterocycles. The van der Waals surface area contributed by atoms with Gasteiger partial charge in [0.1, 0.15) is 0 Å². The van der Waals surface area contributed by atoms with Crippen LogP contribution in [0.5, 0.6) is 0 Å². The van der Waals surface area contributed by atoms with E-state index in [-0.39, 0.29) is 33.5 Å². The molecular weight excluding hydrogens is 387 g/mol. The first kappa shape index (κ1) is 19.9. The molecule has 0 aliphatic heterocycles. The molecule has 0 amide bonds. The highest BCUT2D eigenvalue weighted by Gasteiger charge is 2.38. The molecule has 8 heteroatoms. The van der Waals surface area contributed by atoms with E-state index in [1.165, 1.54) is 36.4 Å². The van der Waals surface area contributed by atoms with E-state index in [0.29, 0.717) is 6.07 Å². The van der Waals surface area contributed by atoms with Crippen molar-refractivity contribution >= 4 is 17.6 Å². The lowest BCUT2D eigenvalue weighted by Crippen LogP contribution is -2.16. The third kappa shape index (κ3) is 3.77. The zero-order chi connectivity index (χ0) is 21.3. The first-order valence-electron chi connectivity index (χ1n) is 8.27. The summed E-state index contributed by atoms with van der Waals surface area (Å²) in [4.78, 5) is 22.8. The van der Waals surface area contributed by atoms with Crippen LogP contribution in [0, 0.1) is 0 Å². The predicted molar refractivity (Wildman–Crippen MR) is 101 cm³/mol. The number of aromatic carboxylic acids is 2. The fourth-order valence-corrected chi connectivity index (χ4v) is 3.08. The molecule has 0 aliphatic carbocycles. The van der Waals surface area contributed by atoms with Gasteiger partial charge < -0.3 is 15.9 Å². The van der Waals surface area contributed by atoms with E-state index in [4.69, 9.17) is 10.8 Å². The Morgan fingerprint density at radius 2 is 1.41 bits per heavy atom. The van der Waals surface area contributed by atoms with Crippen LogP contribution in [-0.4, -0.2) is 22.2 Å². The summed E-state index contributed by atoms with van der Waals surface area (Å²) in [5.41, 5.74) is 3.84. The Labute approximate surface area is 162 Å². The van der Waals surface area contributed by atoms with Crippen molar-refractivity contribution in [1.82, 2.24) is 0 Å². The van der Waals surface area contributed by atoms with E-state index >= 15 is 0 Å². The molecule has 0 aliphatic rings. The SMILES string of the molecule is Nc1c(-c2ccc(C(=O)O)cc2)cc(C(F)(F)F)c(C(=O)O)c1-c1ccccc1. The van der Waals surface area contributed by atoms with Gasteiger partial charge in [-0.1, -0.05) is 42.5 Å². The number of nitrogen functional groups attached to an aromatic ring is 1. The van der Waals surface area contributed by atoms with E-state index in [1.807, 2.05) is 0 Å². The minimum Gasteiger partial charge on any atom is -0.478 e. The molecule has 0 spiro atoms. The summed E-state index contributed by atoms with van der Waals surface area (Å²) >= 11 is 0. The van der Waals surface area contributed by atoms with Gasteiger partial charge in [-0.3, -0.25) is 0 Å². The maximum atomic E-state index is 13.7. The highest BCUT2D eigenvalue weighted by Crippen LogP contribution is 2.44. The number of carbonyl (C=O) groups is 2. The number of anilines is 1. The molecule has 0 atom stereocenters. The average molecular weight is 401 g/mol. The molecular formula is C21H14F3NO4. The van der Waals surface area contributed by atoms with Crippen LogP contribution >= 0.6 is 0 Å². The van der Waals surface area contributed by atoms with Gasteiger partial charge in [0.05, 0.1) is 16.7 Å². The highest BCUT2D eigenvalue weighted by molar-refractivity contribution is 6.05. The molecule has 0 saturated carbocycles. The van der Waals surface area contributed by atoms with Crippen molar-refractivity contribution in [2.45, 2.75) is 6.18 Å². The Balaban J connectivity index is 2.39. The molecule has 4 N–H and O–H groups in total. The summed E-state index contributed by atoms with van der Waals surface area (Å²) in [6.45, 7) is 0. The lowest BCUT2D eigenvalue weighted by molar-refractivity contribution is -0.138. The average Bonchev–Trinajstić information content (AvgIpc) is 2.67. The third-order valence-corrected chi connectivity index (χ3v) is 4.39. The van der Waals surface area contributed by atoms with Crippen LogP contribution in [0.1, 0.15) is 26.3 Å². The smallest absolute Gasteiger partial charge is 0.417 e. The van der Waals surface area contributed by atoms with Gasteiger partial charge in [-0.2, -0.15) is 13.2 Å². The van der Waals surface area contributed by atoms with Crippen LogP contribution in [0.3, 0.4) is 0 Å². The number of nitrogens with two attached hydrogens (primary N) is 1. The van der Waals surface area contributed by atoms with Crippen molar-refractivity contribution in [1.29, 1.82) is 0 Å². The van der Waals surface area contributed by atoms with Crippen molar-refractivity contribution in [3.05, 3.63) is 77.4 Å². The van der Waals surface area contributed by atoms with Gasteiger partial charge in [0.25, 0.3) is 0 Å². The van der Waals surface area contributed by atoms with Gasteiger partial charge in [0.15, 0.2) is 0 Å². The molecule has 29 heavy (non-hydrogen) atoms. The quantitative estimate of drug-likeness (QED) is 0.533. The molecule has 3 aromatic rings. The highest BCUT2D eigenvalue weighted by atomic mass is 19.4. The van der Waals surface area contributed by atoms with Crippen LogP contribution in [-0.2, 0) is 6.18 Å². The van der Waals surface area contributed by atoms with Crippen molar-refractivity contribution in [2.75, 3.05) is 5.73 Å². The van der Waals surface area contributed by atoms with E-state index in [0.717, 1.165) is 0 Å². The van der Waals surface area contributed by atoms with E-state index in [2.05, 4.69) is 0 Å². The first-order valence-corrected chi connectivity index (χ1v) is 8.27. The number of benzene rings is 3. The van der Waals surface area contributed by atoms with Crippen LogP contribution in [0.4, 0.5) is 18.9 Å². The minimum absolute atomic E-state index is 0.0434. The van der Waals surface area contributed by atoms with Gasteiger partial charge in [-0.05, 0) is 29.3 Å². The van der Waals surface area contributed by atoms with Gasteiger partial charge in [-0.25, -0.2) is 9.59 Å². The van der Waals surface area contributed by atoms with Crippen molar-refractivity contribution in [3.63, 3.8) is 0 Å². The third-order valence-electron chi connectivity index (χ3n) is 4.39. The standard InChI is InChI=1S/C21H14F3NO4/c22-21(23,24)15-10-14(11-6-8-13(9-7-11)19(26)27)18(25)16(17(15)20(28)29)12-4-2-1-3-5-12/h1-10H,25H2,(H,26,27)(H,28,29). The first-order chi connectivity index (χ1) is 13.6. The van der Waals surface area contributed by atoms with Crippen molar-refractivity contribution in [3.8, 4) is 22.3 Å². The maximum absolute atomic E-state index is 13.7. The van der Waals surface area contributed by atoms with Crippen molar-refractivity contribution < 1.29 is 33.0 Å². The Kier molecular flexibility index (Phi) is 5.02. The number of hydrogen-bond donors (Lipinski definition) is 3. The zero-order valence-corrected chi connectivity index (χ0v) is 14.7. The van der Waals surface area contributed by atoms with Gasteiger partial charge >= 0.3 is 18.1 Å². The Bertz CT molecular complexity index is 1090. The summed E-state index contributed by atoms with van der Waals surface area (Å²) in [7, 11) is 0. The van der Waals surface area contributed by atoms with Gasteiger partial charge in [0.2, 0.25) is 0 Å². The Hall–Kier alpha value is -3.81. The van der Waals surface area contributed by atoms with Crippen LogP contribution < -0.4 is 5.73 Å². The molecule has 3 aromatic carbocycles. The monoisotopic (exact) mass is 401 g/mol. The summed E-state index contributed by atoms with van der Waals surface area (Å²) in [6.07, 6.45) is -4.94. The van der Waals surface area contributed by atoms with Crippen molar-refractivity contribution in [2.24, 2.45) is 0 Å². The molecule has 0 saturated heterocycles. The predicted octanol–water partition coefficient (Wildman–Crippen LogP) is 5.02. The fraction of sp³-hybridized carbons (Fsp3) is 0.0476. The molecule has 0 aromatic heterocycles. The van der Waals surface area contributed by atoms with Crippen LogP contribution in [0.25, 0.3) is 22.3 Å². The summed E-state index contributed by atoms with van der Waals surface area (Å²) < 4.78 is 41.2. The summed E-state index contributed by atoms with van der Waals surface area (Å²) in [5, 5.41) is 18.5. The number of carboxylic acids is 2. The van der Waals surface area contributed by atoms with Gasteiger partial charge in [-0.15, -0.1) is 0 Å². The van der Waals surface area contributed by atoms with Crippen LogP contribution in [0.15, 0.2) is 60.7 Å². The van der Waals surface area contributed by atoms with Crippen LogP contribution in [0.2, 0.25) is 0 Å². The largest absolute Gasteiger partial charge is 0.478 e. The number of halogens is 3. The van der Waals surface area contributed by atoms with E-state index in [9.17, 15) is 27.9 Å². The van der Waals surface area contributed by atoms with Gasteiger partial charge in [0, 0.05) is 16.8 Å². The number of rotatable bonds is 4. The second-order valence-electron chi connectivity index (χ2n) is 6.19. The molecule has 3 rings (SSSR count). The molecule has 148 valence electrons. The molecule has 0 bridgehead atoms. The Morgan fingerprint density at radius 3 is 1.90 bits per heavy atom.